The van der Waals surface area contributed by atoms with Gasteiger partial charge in [0.1, 0.15) is 0 Å². The first kappa shape index (κ1) is 22.7. The summed E-state index contributed by atoms with van der Waals surface area (Å²) in [6.07, 6.45) is 11.5. The zero-order chi connectivity index (χ0) is 23.4. The molecule has 0 saturated heterocycles. The third kappa shape index (κ3) is 4.79. The van der Waals surface area contributed by atoms with Crippen molar-refractivity contribution in [3.8, 4) is 11.3 Å². The first-order valence-electron chi connectivity index (χ1n) is 13.3. The Hall–Kier alpha value is -2.03. The molecule has 3 aliphatic rings. The van der Waals surface area contributed by atoms with Crippen LogP contribution in [0.1, 0.15) is 113 Å². The molecule has 0 radical (unpaired) electrons. The zero-order valence-electron chi connectivity index (χ0n) is 21.4. The van der Waals surface area contributed by atoms with E-state index in [1.165, 1.54) is 67.3 Å². The van der Waals surface area contributed by atoms with Gasteiger partial charge >= 0.3 is 0 Å². The summed E-state index contributed by atoms with van der Waals surface area (Å²) in [5.74, 6) is 0.828. The first-order valence-corrected chi connectivity index (χ1v) is 13.3. The minimum atomic E-state index is 0.0953. The van der Waals surface area contributed by atoms with Gasteiger partial charge in [0.15, 0.2) is 0 Å². The second kappa shape index (κ2) is 8.32. The van der Waals surface area contributed by atoms with Gasteiger partial charge in [-0.25, -0.2) is 0 Å². The Morgan fingerprint density at radius 1 is 1.03 bits per heavy atom. The quantitative estimate of drug-likeness (QED) is 0.497. The Labute approximate surface area is 200 Å². The Balaban J connectivity index is 1.60. The zero-order valence-corrected chi connectivity index (χ0v) is 21.4. The Kier molecular flexibility index (Phi) is 5.74. The second-order valence-electron chi connectivity index (χ2n) is 12.5. The molecule has 0 unspecified atom stereocenters. The third-order valence-electron chi connectivity index (χ3n) is 8.48. The predicted octanol–water partition coefficient (Wildman–Crippen LogP) is 7.29. The molecule has 3 nitrogen and oxygen atoms in total. The van der Waals surface area contributed by atoms with Gasteiger partial charge < -0.3 is 9.88 Å². The summed E-state index contributed by atoms with van der Waals surface area (Å²) in [7, 11) is 0. The van der Waals surface area contributed by atoms with E-state index >= 15 is 0 Å². The lowest BCUT2D eigenvalue weighted by Gasteiger charge is -2.26. The fraction of sp³-hybridized carbons (Fsp3) is 0.633. The maximum absolute atomic E-state index is 13.1. The van der Waals surface area contributed by atoms with Crippen molar-refractivity contribution >= 4 is 5.91 Å². The van der Waals surface area contributed by atoms with Gasteiger partial charge in [0.25, 0.3) is 5.91 Å². The van der Waals surface area contributed by atoms with E-state index in [-0.39, 0.29) is 11.3 Å². The van der Waals surface area contributed by atoms with Gasteiger partial charge in [0.05, 0.1) is 5.56 Å². The number of hydrogen-bond acceptors (Lipinski definition) is 1. The number of carbonyl (C=O) groups excluding carboxylic acids is 1. The van der Waals surface area contributed by atoms with Crippen LogP contribution in [0.2, 0.25) is 0 Å². The standard InChI is InChI=1S/C30H42N2O/c1-20-26(28(33)31-25-11-12-25)18-27(32(20)19-21-9-7-6-8-10-21)22-15-23(29(2,3)4)17-24(16-22)30(5)13-14-30/h15-18,21,25H,6-14,19H2,1-5H3,(H,31,33). The summed E-state index contributed by atoms with van der Waals surface area (Å²) in [5, 5.41) is 3.24. The Morgan fingerprint density at radius 2 is 1.73 bits per heavy atom. The van der Waals surface area contributed by atoms with Crippen LogP contribution in [0.3, 0.4) is 0 Å². The van der Waals surface area contributed by atoms with Crippen molar-refractivity contribution < 1.29 is 4.79 Å². The van der Waals surface area contributed by atoms with Gasteiger partial charge in [0.2, 0.25) is 0 Å². The number of benzene rings is 1. The van der Waals surface area contributed by atoms with Gasteiger partial charge in [-0.05, 0) is 97.1 Å². The molecule has 1 aromatic heterocycles. The molecule has 3 heteroatoms. The van der Waals surface area contributed by atoms with E-state index in [9.17, 15) is 4.79 Å². The molecule has 3 aliphatic carbocycles. The predicted molar refractivity (Wildman–Crippen MR) is 137 cm³/mol. The van der Waals surface area contributed by atoms with Crippen LogP contribution < -0.4 is 5.32 Å². The summed E-state index contributed by atoms with van der Waals surface area (Å²) >= 11 is 0. The van der Waals surface area contributed by atoms with Crippen molar-refractivity contribution in [3.05, 3.63) is 46.6 Å². The molecule has 1 N–H and O–H groups in total. The average molecular weight is 447 g/mol. The minimum absolute atomic E-state index is 0.0953. The highest BCUT2D eigenvalue weighted by Gasteiger charge is 2.40. The summed E-state index contributed by atoms with van der Waals surface area (Å²) < 4.78 is 2.48. The van der Waals surface area contributed by atoms with E-state index in [1.54, 1.807) is 0 Å². The molecule has 1 aromatic carbocycles. The van der Waals surface area contributed by atoms with Crippen LogP contribution in [0.15, 0.2) is 24.3 Å². The molecule has 2 aromatic rings. The molecule has 0 spiro atoms. The molecule has 0 atom stereocenters. The summed E-state index contributed by atoms with van der Waals surface area (Å²) in [4.78, 5) is 13.1. The number of aromatic nitrogens is 1. The maximum Gasteiger partial charge on any atom is 0.253 e. The normalized spacial score (nSPS) is 20.6. The minimum Gasteiger partial charge on any atom is -0.349 e. The van der Waals surface area contributed by atoms with Gasteiger partial charge in [-0.3, -0.25) is 4.79 Å². The Bertz CT molecular complexity index is 1020. The smallest absolute Gasteiger partial charge is 0.253 e. The van der Waals surface area contributed by atoms with Crippen LogP contribution in [0.4, 0.5) is 0 Å². The van der Waals surface area contributed by atoms with Crippen molar-refractivity contribution in [3.63, 3.8) is 0 Å². The lowest BCUT2D eigenvalue weighted by Crippen LogP contribution is -2.26. The van der Waals surface area contributed by atoms with Gasteiger partial charge in [0, 0.05) is 24.0 Å². The van der Waals surface area contributed by atoms with Crippen molar-refractivity contribution in [2.75, 3.05) is 0 Å². The van der Waals surface area contributed by atoms with Crippen LogP contribution >= 0.6 is 0 Å². The molecule has 1 amide bonds. The SMILES string of the molecule is Cc1c(C(=O)NC2CC2)cc(-c2cc(C(C)(C)C)cc(C3(C)CC3)c2)n1CC1CCCCC1. The third-order valence-corrected chi connectivity index (χ3v) is 8.48. The number of amides is 1. The molecule has 1 heterocycles. The lowest BCUT2D eigenvalue weighted by molar-refractivity contribution is 0.0950. The molecule has 0 bridgehead atoms. The highest BCUT2D eigenvalue weighted by Crippen LogP contribution is 2.49. The number of nitrogens with zero attached hydrogens (tertiary/aromatic N) is 1. The highest BCUT2D eigenvalue weighted by atomic mass is 16.1. The summed E-state index contributed by atoms with van der Waals surface area (Å²) in [6.45, 7) is 12.5. The molecule has 178 valence electrons. The van der Waals surface area contributed by atoms with Crippen LogP contribution in [0.25, 0.3) is 11.3 Å². The van der Waals surface area contributed by atoms with Crippen molar-refractivity contribution in [1.29, 1.82) is 0 Å². The molecular weight excluding hydrogens is 404 g/mol. The van der Waals surface area contributed by atoms with Crippen LogP contribution in [0, 0.1) is 12.8 Å². The van der Waals surface area contributed by atoms with Gasteiger partial charge in [-0.15, -0.1) is 0 Å². The monoisotopic (exact) mass is 446 g/mol. The topological polar surface area (TPSA) is 34.0 Å². The highest BCUT2D eigenvalue weighted by molar-refractivity contribution is 5.97. The van der Waals surface area contributed by atoms with Crippen LogP contribution in [-0.4, -0.2) is 16.5 Å². The van der Waals surface area contributed by atoms with Crippen LogP contribution in [0.5, 0.6) is 0 Å². The fourth-order valence-corrected chi connectivity index (χ4v) is 5.50. The molecule has 3 saturated carbocycles. The van der Waals surface area contributed by atoms with E-state index in [0.29, 0.717) is 17.4 Å². The first-order chi connectivity index (χ1) is 15.6. The average Bonchev–Trinajstić information content (AvgIpc) is 3.70. The maximum atomic E-state index is 13.1. The Morgan fingerprint density at radius 3 is 2.33 bits per heavy atom. The van der Waals surface area contributed by atoms with E-state index < -0.39 is 0 Å². The molecular formula is C30H42N2O. The number of hydrogen-bond donors (Lipinski definition) is 1. The van der Waals surface area contributed by atoms with E-state index in [0.717, 1.165) is 30.6 Å². The fourth-order valence-electron chi connectivity index (χ4n) is 5.50. The largest absolute Gasteiger partial charge is 0.349 e. The summed E-state index contributed by atoms with van der Waals surface area (Å²) in [5.41, 5.74) is 7.80. The molecule has 33 heavy (non-hydrogen) atoms. The number of rotatable bonds is 6. The van der Waals surface area contributed by atoms with Crippen LogP contribution in [-0.2, 0) is 17.4 Å². The summed E-state index contributed by atoms with van der Waals surface area (Å²) in [6, 6.07) is 9.84. The lowest BCUT2D eigenvalue weighted by atomic mass is 9.82. The van der Waals surface area contributed by atoms with Crippen molar-refractivity contribution in [1.82, 2.24) is 9.88 Å². The molecule has 5 rings (SSSR count). The molecule has 0 aliphatic heterocycles. The van der Waals surface area contributed by atoms with Crippen molar-refractivity contribution in [2.24, 2.45) is 5.92 Å². The number of nitrogens with one attached hydrogen (secondary N) is 1. The molecule has 3 fully saturated rings. The van der Waals surface area contributed by atoms with E-state index in [4.69, 9.17) is 0 Å². The number of carbonyl (C=O) groups is 1. The van der Waals surface area contributed by atoms with E-state index in [1.807, 2.05) is 0 Å². The van der Waals surface area contributed by atoms with Gasteiger partial charge in [-0.2, -0.15) is 0 Å². The second-order valence-corrected chi connectivity index (χ2v) is 12.5. The van der Waals surface area contributed by atoms with E-state index in [2.05, 4.69) is 68.8 Å². The van der Waals surface area contributed by atoms with Crippen molar-refractivity contribution in [2.45, 2.75) is 116 Å². The van der Waals surface area contributed by atoms with Gasteiger partial charge in [-0.1, -0.05) is 53.0 Å².